The van der Waals surface area contributed by atoms with E-state index >= 15 is 0 Å². The second-order valence-electron chi connectivity index (χ2n) is 11.0. The highest BCUT2D eigenvalue weighted by Crippen LogP contribution is 2.44. The fourth-order valence-corrected chi connectivity index (χ4v) is 5.38. The van der Waals surface area contributed by atoms with E-state index in [0.29, 0.717) is 42.3 Å². The van der Waals surface area contributed by atoms with Gasteiger partial charge in [0.05, 0.1) is 13.2 Å². The maximum atomic E-state index is 14.4. The van der Waals surface area contributed by atoms with Crippen molar-refractivity contribution in [3.05, 3.63) is 154 Å². The third-order valence-electron chi connectivity index (χ3n) is 7.79. The number of carbonyl (C=O) groups excluding carboxylic acids is 1. The molecular weight excluding hydrogens is 592 g/mol. The number of rotatable bonds is 16. The van der Waals surface area contributed by atoms with E-state index in [0.717, 1.165) is 23.1 Å². The van der Waals surface area contributed by atoms with Crippen molar-refractivity contribution in [3.63, 3.8) is 0 Å². The van der Waals surface area contributed by atoms with Crippen molar-refractivity contribution in [2.75, 3.05) is 19.8 Å². The molecule has 5 rings (SSSR count). The van der Waals surface area contributed by atoms with Gasteiger partial charge in [-0.15, -0.1) is 0 Å². The smallest absolute Gasteiger partial charge is 0.266 e. The maximum absolute atomic E-state index is 14.4. The van der Waals surface area contributed by atoms with Crippen LogP contribution in [0.15, 0.2) is 125 Å². The van der Waals surface area contributed by atoms with Gasteiger partial charge in [-0.1, -0.05) is 102 Å². The predicted molar refractivity (Wildman–Crippen MR) is 182 cm³/mol. The molecule has 0 spiro atoms. The van der Waals surface area contributed by atoms with Gasteiger partial charge in [0.15, 0.2) is 11.6 Å². The lowest BCUT2D eigenvalue weighted by Crippen LogP contribution is -2.53. The number of azide groups is 1. The normalized spacial score (nSPS) is 17.0. The van der Waals surface area contributed by atoms with Crippen LogP contribution in [-0.4, -0.2) is 42.2 Å². The molecule has 240 valence electrons. The Labute approximate surface area is 274 Å². The summed E-state index contributed by atoms with van der Waals surface area (Å²) in [7, 11) is 0. The molecule has 1 amide bonds. The zero-order valence-corrected chi connectivity index (χ0v) is 26.0. The first-order chi connectivity index (χ1) is 23.1. The van der Waals surface area contributed by atoms with Crippen LogP contribution in [0.25, 0.3) is 16.5 Å². The Morgan fingerprint density at radius 1 is 1.00 bits per heavy atom. The average molecular weight is 631 g/mol. The van der Waals surface area contributed by atoms with Crippen LogP contribution in [0.5, 0.6) is 5.75 Å². The summed E-state index contributed by atoms with van der Waals surface area (Å²) < 4.78 is 12.3. The average Bonchev–Trinajstić information content (AvgIpc) is 3.51. The summed E-state index contributed by atoms with van der Waals surface area (Å²) in [5.74, 6) is 0.600. The second kappa shape index (κ2) is 16.8. The number of hydrazine groups is 1. The standard InChI is InChI=1S/C37H38N6O4/c38-43-40-27-31-16-7-8-17-33(31)34-37(23-9-15-28-11-3-1-4-12-28,36(45)42-39-24-22-29-13-5-2-6-14-29)41-35(47-34)30-18-20-32(21-19-30)46-26-10-25-44/h1-9,11-21,34,39,44H,10,22-27H2,(H,42,45)/b15-9+/t34-,37-/m0/s1. The minimum absolute atomic E-state index is 0.0508. The van der Waals surface area contributed by atoms with Gasteiger partial charge >= 0.3 is 0 Å². The minimum atomic E-state index is -1.41. The van der Waals surface area contributed by atoms with Gasteiger partial charge in [-0.25, -0.2) is 10.4 Å². The molecule has 0 saturated carbocycles. The summed E-state index contributed by atoms with van der Waals surface area (Å²) >= 11 is 0. The fourth-order valence-electron chi connectivity index (χ4n) is 5.38. The molecule has 0 aliphatic carbocycles. The van der Waals surface area contributed by atoms with Crippen LogP contribution < -0.4 is 15.6 Å². The lowest BCUT2D eigenvalue weighted by molar-refractivity contribution is -0.129. The van der Waals surface area contributed by atoms with Crippen molar-refractivity contribution < 1.29 is 19.4 Å². The molecule has 4 aromatic carbocycles. The first kappa shape index (κ1) is 33.0. The van der Waals surface area contributed by atoms with Gasteiger partial charge in [0.25, 0.3) is 5.91 Å². The van der Waals surface area contributed by atoms with Gasteiger partial charge in [-0.05, 0) is 58.5 Å². The number of carbonyl (C=O) groups is 1. The zero-order chi connectivity index (χ0) is 32.7. The molecule has 2 atom stereocenters. The molecule has 10 heteroatoms. The van der Waals surface area contributed by atoms with Crippen LogP contribution in [-0.2, 0) is 22.5 Å². The molecule has 0 radical (unpaired) electrons. The zero-order valence-electron chi connectivity index (χ0n) is 26.0. The molecule has 3 N–H and O–H groups in total. The maximum Gasteiger partial charge on any atom is 0.266 e. The molecule has 0 fully saturated rings. The Morgan fingerprint density at radius 3 is 2.47 bits per heavy atom. The van der Waals surface area contributed by atoms with Gasteiger partial charge in [-0.2, -0.15) is 0 Å². The highest BCUT2D eigenvalue weighted by atomic mass is 16.5. The van der Waals surface area contributed by atoms with E-state index in [1.807, 2.05) is 121 Å². The van der Waals surface area contributed by atoms with Crippen molar-refractivity contribution >= 4 is 17.9 Å². The molecule has 0 bridgehead atoms. The summed E-state index contributed by atoms with van der Waals surface area (Å²) in [6.45, 7) is 1.05. The largest absolute Gasteiger partial charge is 0.494 e. The Kier molecular flexibility index (Phi) is 11.8. The van der Waals surface area contributed by atoms with E-state index in [2.05, 4.69) is 20.9 Å². The summed E-state index contributed by atoms with van der Waals surface area (Å²) in [4.78, 5) is 22.4. The molecule has 0 aromatic heterocycles. The van der Waals surface area contributed by atoms with E-state index in [1.165, 1.54) is 0 Å². The van der Waals surface area contributed by atoms with Gasteiger partial charge in [0.2, 0.25) is 5.90 Å². The number of aliphatic imine (C=N–C) groups is 1. The summed E-state index contributed by atoms with van der Waals surface area (Å²) in [5.41, 5.74) is 17.9. The van der Waals surface area contributed by atoms with Crippen LogP contribution in [0.2, 0.25) is 0 Å². The third kappa shape index (κ3) is 8.65. The van der Waals surface area contributed by atoms with Gasteiger partial charge in [0, 0.05) is 36.5 Å². The van der Waals surface area contributed by atoms with Crippen LogP contribution in [0.4, 0.5) is 0 Å². The Balaban J connectivity index is 1.51. The number of aliphatic hydroxyl groups excluding tert-OH is 1. The second-order valence-corrected chi connectivity index (χ2v) is 11.0. The number of hydrogen-bond acceptors (Lipinski definition) is 7. The third-order valence-corrected chi connectivity index (χ3v) is 7.79. The summed E-state index contributed by atoms with van der Waals surface area (Å²) in [5, 5.41) is 12.9. The SMILES string of the molecule is [N-]=[N+]=NCc1ccccc1[C@@H]1OC(c2ccc(OCCCO)cc2)=N[C@]1(C/C=C/c1ccccc1)C(=O)NNCCc1ccccc1. The first-order valence-electron chi connectivity index (χ1n) is 15.6. The summed E-state index contributed by atoms with van der Waals surface area (Å²) in [6.07, 6.45) is 4.54. The van der Waals surface area contributed by atoms with Gasteiger partial charge < -0.3 is 14.6 Å². The van der Waals surface area contributed by atoms with Crippen molar-refractivity contribution in [2.24, 2.45) is 10.1 Å². The highest BCUT2D eigenvalue weighted by molar-refractivity contribution is 6.01. The Morgan fingerprint density at radius 2 is 1.72 bits per heavy atom. The molecule has 1 aliphatic heterocycles. The number of nitrogens with one attached hydrogen (secondary N) is 2. The van der Waals surface area contributed by atoms with Crippen LogP contribution in [0, 0.1) is 0 Å². The first-order valence-corrected chi connectivity index (χ1v) is 15.6. The number of benzene rings is 4. The van der Waals surface area contributed by atoms with Crippen molar-refractivity contribution in [1.29, 1.82) is 0 Å². The van der Waals surface area contributed by atoms with Crippen LogP contribution >= 0.6 is 0 Å². The Hall–Kier alpha value is -5.41. The number of aliphatic hydroxyl groups is 1. The molecular formula is C37H38N6O4. The molecule has 1 aliphatic rings. The van der Waals surface area contributed by atoms with Crippen molar-refractivity contribution in [1.82, 2.24) is 10.9 Å². The Bertz CT molecular complexity index is 1710. The van der Waals surface area contributed by atoms with E-state index in [-0.39, 0.29) is 25.5 Å². The molecule has 47 heavy (non-hydrogen) atoms. The van der Waals surface area contributed by atoms with Crippen molar-refractivity contribution in [3.8, 4) is 5.75 Å². The van der Waals surface area contributed by atoms with Gasteiger partial charge in [-0.3, -0.25) is 10.2 Å². The highest BCUT2D eigenvalue weighted by Gasteiger charge is 2.53. The predicted octanol–water partition coefficient (Wildman–Crippen LogP) is 6.48. The monoisotopic (exact) mass is 630 g/mol. The minimum Gasteiger partial charge on any atom is -0.494 e. The van der Waals surface area contributed by atoms with Gasteiger partial charge in [0.1, 0.15) is 5.75 Å². The van der Waals surface area contributed by atoms with Crippen LogP contribution in [0.1, 0.15) is 46.8 Å². The van der Waals surface area contributed by atoms with E-state index in [1.54, 1.807) is 0 Å². The number of ether oxygens (including phenoxy) is 2. The number of nitrogens with zero attached hydrogens (tertiary/aromatic N) is 4. The molecule has 0 unspecified atom stereocenters. The summed E-state index contributed by atoms with van der Waals surface area (Å²) in [6, 6.07) is 34.6. The van der Waals surface area contributed by atoms with E-state index < -0.39 is 11.6 Å². The lowest BCUT2D eigenvalue weighted by atomic mass is 9.82. The molecule has 0 saturated heterocycles. The van der Waals surface area contributed by atoms with Crippen LogP contribution in [0.3, 0.4) is 0 Å². The van der Waals surface area contributed by atoms with E-state index in [4.69, 9.17) is 25.1 Å². The number of amides is 1. The molecule has 4 aromatic rings. The quantitative estimate of drug-likeness (QED) is 0.0427. The molecule has 1 heterocycles. The molecule has 10 nitrogen and oxygen atoms in total. The lowest BCUT2D eigenvalue weighted by Gasteiger charge is -2.31. The topological polar surface area (TPSA) is 141 Å². The van der Waals surface area contributed by atoms with E-state index in [9.17, 15) is 4.79 Å². The number of hydrogen-bond donors (Lipinski definition) is 3. The van der Waals surface area contributed by atoms with Crippen molar-refractivity contribution in [2.45, 2.75) is 37.5 Å². The fraction of sp³-hybridized carbons (Fsp3) is 0.243.